The summed E-state index contributed by atoms with van der Waals surface area (Å²) >= 11 is 11.8. The number of halogens is 2. The van der Waals surface area contributed by atoms with Crippen molar-refractivity contribution < 1.29 is 17.9 Å². The summed E-state index contributed by atoms with van der Waals surface area (Å²) in [5.74, 6) is -0.242. The fourth-order valence-corrected chi connectivity index (χ4v) is 5.31. The molecule has 0 aliphatic rings. The van der Waals surface area contributed by atoms with Crippen LogP contribution in [0.4, 0.5) is 0 Å². The molecule has 4 aromatic carbocycles. The molecule has 0 aliphatic carbocycles. The predicted octanol–water partition coefficient (Wildman–Crippen LogP) is 6.45. The number of carbonyl (C=O) groups is 1. The monoisotopic (exact) mass is 537 g/mol. The van der Waals surface area contributed by atoms with Crippen molar-refractivity contribution in [2.45, 2.75) is 4.90 Å². The molecule has 0 saturated heterocycles. The molecule has 0 radical (unpaired) electrons. The molecule has 36 heavy (non-hydrogen) atoms. The first-order valence-corrected chi connectivity index (χ1v) is 12.9. The van der Waals surface area contributed by atoms with Gasteiger partial charge in [0.25, 0.3) is 21.9 Å². The number of rotatable bonds is 6. The second kappa shape index (κ2) is 9.66. The maximum atomic E-state index is 12.7. The first-order chi connectivity index (χ1) is 17.3. The maximum absolute atomic E-state index is 12.7. The Kier molecular flexibility index (Phi) is 6.40. The van der Waals surface area contributed by atoms with Gasteiger partial charge in [-0.25, -0.2) is 13.1 Å². The fraction of sp³-hybridized carbons (Fsp3) is 0. The van der Waals surface area contributed by atoms with Gasteiger partial charge in [0, 0.05) is 10.6 Å². The van der Waals surface area contributed by atoms with Crippen LogP contribution in [0.3, 0.4) is 0 Å². The van der Waals surface area contributed by atoms with Crippen LogP contribution < -0.4 is 9.46 Å². The average Bonchev–Trinajstić information content (AvgIpc) is 3.26. The van der Waals surface area contributed by atoms with E-state index < -0.39 is 15.9 Å². The lowest BCUT2D eigenvalue weighted by Gasteiger charge is -2.08. The summed E-state index contributed by atoms with van der Waals surface area (Å²) < 4.78 is 33.1. The summed E-state index contributed by atoms with van der Waals surface area (Å²) in [6.45, 7) is 0. The molecular weight excluding hydrogens is 521 g/mol. The van der Waals surface area contributed by atoms with E-state index in [0.29, 0.717) is 16.8 Å². The Labute approximate surface area is 216 Å². The molecule has 1 heterocycles. The third kappa shape index (κ3) is 5.06. The quantitative estimate of drug-likeness (QED) is 0.259. The van der Waals surface area contributed by atoms with Crippen molar-refractivity contribution in [1.82, 2.24) is 14.7 Å². The highest BCUT2D eigenvalue weighted by molar-refractivity contribution is 7.90. The number of benzene rings is 4. The van der Waals surface area contributed by atoms with Crippen LogP contribution in [0.1, 0.15) is 10.4 Å². The van der Waals surface area contributed by atoms with E-state index in [1.165, 1.54) is 30.3 Å². The van der Waals surface area contributed by atoms with E-state index >= 15 is 0 Å². The van der Waals surface area contributed by atoms with Gasteiger partial charge < -0.3 is 9.72 Å². The Morgan fingerprint density at radius 1 is 0.861 bits per heavy atom. The van der Waals surface area contributed by atoms with Gasteiger partial charge in [-0.2, -0.15) is 4.98 Å². The van der Waals surface area contributed by atoms with E-state index in [4.69, 9.17) is 27.9 Å². The molecule has 0 atom stereocenters. The lowest BCUT2D eigenvalue weighted by atomic mass is 10.1. The number of fused-ring (bicyclic) bond motifs is 1. The molecule has 5 aromatic rings. The smallest absolute Gasteiger partial charge is 0.300 e. The van der Waals surface area contributed by atoms with Crippen LogP contribution in [0, 0.1) is 0 Å². The number of carbonyl (C=O) groups excluding carboxylic acids is 1. The first-order valence-electron chi connectivity index (χ1n) is 10.6. The number of H-pyrrole nitrogens is 1. The second-order valence-corrected chi connectivity index (χ2v) is 10.3. The van der Waals surface area contributed by atoms with Gasteiger partial charge in [-0.1, -0.05) is 65.7 Å². The molecule has 0 unspecified atom stereocenters. The number of hydrogen-bond acceptors (Lipinski definition) is 5. The van der Waals surface area contributed by atoms with Crippen LogP contribution in [-0.4, -0.2) is 24.3 Å². The highest BCUT2D eigenvalue weighted by Gasteiger charge is 2.22. The van der Waals surface area contributed by atoms with Gasteiger partial charge in [-0.3, -0.25) is 4.79 Å². The molecule has 5 rings (SSSR count). The molecule has 0 aliphatic heterocycles. The molecule has 0 bridgehead atoms. The second-order valence-electron chi connectivity index (χ2n) is 7.78. The van der Waals surface area contributed by atoms with Crippen molar-refractivity contribution in [3.63, 3.8) is 0 Å². The molecule has 0 spiro atoms. The van der Waals surface area contributed by atoms with Gasteiger partial charge in [-0.05, 0) is 59.7 Å². The molecule has 10 heteroatoms. The van der Waals surface area contributed by atoms with Crippen LogP contribution >= 0.6 is 23.2 Å². The van der Waals surface area contributed by atoms with Crippen LogP contribution in [0.15, 0.2) is 95.9 Å². The van der Waals surface area contributed by atoms with Crippen molar-refractivity contribution in [3.8, 4) is 22.9 Å². The zero-order valence-electron chi connectivity index (χ0n) is 18.4. The highest BCUT2D eigenvalue weighted by atomic mass is 35.5. The number of sulfonamides is 1. The van der Waals surface area contributed by atoms with E-state index in [2.05, 4.69) is 9.97 Å². The minimum absolute atomic E-state index is 0.0922. The number of nitrogens with zero attached hydrogens (tertiary/aromatic N) is 1. The normalized spacial score (nSPS) is 11.4. The van der Waals surface area contributed by atoms with Crippen LogP contribution in [0.2, 0.25) is 10.0 Å². The third-order valence-electron chi connectivity index (χ3n) is 5.31. The number of nitrogens with one attached hydrogen (secondary N) is 2. The Hall–Kier alpha value is -3.85. The maximum Gasteiger partial charge on any atom is 0.300 e. The highest BCUT2D eigenvalue weighted by Crippen LogP contribution is 2.27. The summed E-state index contributed by atoms with van der Waals surface area (Å²) in [4.78, 5) is 19.8. The lowest BCUT2D eigenvalue weighted by Crippen LogP contribution is -2.30. The Morgan fingerprint density at radius 2 is 1.58 bits per heavy atom. The number of imidazole rings is 1. The molecule has 2 N–H and O–H groups in total. The minimum Gasteiger partial charge on any atom is -0.426 e. The van der Waals surface area contributed by atoms with E-state index in [1.807, 2.05) is 59.3 Å². The van der Waals surface area contributed by atoms with Gasteiger partial charge >= 0.3 is 0 Å². The molecule has 7 nitrogen and oxygen atoms in total. The predicted molar refractivity (Wildman–Crippen MR) is 139 cm³/mol. The molecule has 1 aromatic heterocycles. The van der Waals surface area contributed by atoms with Crippen LogP contribution in [0.25, 0.3) is 22.2 Å². The summed E-state index contributed by atoms with van der Waals surface area (Å²) in [6.07, 6.45) is 0. The van der Waals surface area contributed by atoms with Gasteiger partial charge in [0.2, 0.25) is 0 Å². The van der Waals surface area contributed by atoms with Crippen molar-refractivity contribution >= 4 is 50.2 Å². The van der Waals surface area contributed by atoms with Gasteiger partial charge in [0.05, 0.1) is 16.1 Å². The first kappa shape index (κ1) is 23.9. The lowest BCUT2D eigenvalue weighted by molar-refractivity contribution is 0.0981. The fourth-order valence-electron chi connectivity index (χ4n) is 3.56. The summed E-state index contributed by atoms with van der Waals surface area (Å²) in [6, 6.07) is 26.2. The van der Waals surface area contributed by atoms with Gasteiger partial charge in [-0.15, -0.1) is 0 Å². The Morgan fingerprint density at radius 3 is 2.31 bits per heavy atom. The van der Waals surface area contributed by atoms with Crippen molar-refractivity contribution in [2.24, 2.45) is 0 Å². The average molecular weight is 538 g/mol. The number of ether oxygens (including phenoxy) is 1. The van der Waals surface area contributed by atoms with Crippen LogP contribution in [0.5, 0.6) is 11.8 Å². The van der Waals surface area contributed by atoms with E-state index in [0.717, 1.165) is 11.1 Å². The summed E-state index contributed by atoms with van der Waals surface area (Å²) in [5.41, 5.74) is 3.31. The molecule has 180 valence electrons. The molecule has 0 fully saturated rings. The molecule has 0 saturated carbocycles. The topological polar surface area (TPSA) is 101 Å². The van der Waals surface area contributed by atoms with E-state index in [9.17, 15) is 13.2 Å². The number of amides is 1. The van der Waals surface area contributed by atoms with Gasteiger partial charge in [0.15, 0.2) is 0 Å². The third-order valence-corrected chi connectivity index (χ3v) is 7.36. The zero-order valence-corrected chi connectivity index (χ0v) is 20.7. The Balaban J connectivity index is 1.32. The van der Waals surface area contributed by atoms with Crippen molar-refractivity contribution in [3.05, 3.63) is 107 Å². The zero-order chi connectivity index (χ0) is 25.3. The van der Waals surface area contributed by atoms with Crippen LogP contribution in [-0.2, 0) is 10.0 Å². The van der Waals surface area contributed by atoms with E-state index in [-0.39, 0.29) is 26.5 Å². The summed E-state index contributed by atoms with van der Waals surface area (Å²) in [7, 11) is -4.21. The molecule has 1 amide bonds. The number of aromatic amines is 1. The number of hydrogen-bond donors (Lipinski definition) is 2. The minimum atomic E-state index is -4.21. The largest absolute Gasteiger partial charge is 0.426 e. The Bertz CT molecular complexity index is 1690. The van der Waals surface area contributed by atoms with Crippen molar-refractivity contribution in [2.75, 3.05) is 0 Å². The van der Waals surface area contributed by atoms with E-state index in [1.54, 1.807) is 6.07 Å². The SMILES string of the molecule is O=C(NS(=O)(=O)c1ccc(Cl)cc1Cl)c1ccc2nc(Oc3ccc(-c4ccccc4)cc3)[nH]c2c1. The standard InChI is InChI=1S/C26H17Cl2N3O4S/c27-19-9-13-24(21(28)15-19)36(33,34)31-25(32)18-8-12-22-23(14-18)30-26(29-22)35-20-10-6-17(7-11-20)16-4-2-1-3-5-16/h1-15H,(H,29,30)(H,31,32). The summed E-state index contributed by atoms with van der Waals surface area (Å²) in [5, 5.41) is 0.186. The van der Waals surface area contributed by atoms with Crippen molar-refractivity contribution in [1.29, 1.82) is 0 Å². The molecular formula is C26H17Cl2N3O4S. The number of aromatic nitrogens is 2. The van der Waals surface area contributed by atoms with Gasteiger partial charge in [0.1, 0.15) is 10.6 Å².